The van der Waals surface area contributed by atoms with Crippen molar-refractivity contribution >= 4 is 38.9 Å². The Bertz CT molecular complexity index is 810. The van der Waals surface area contributed by atoms with Crippen molar-refractivity contribution in [1.82, 2.24) is 0 Å². The van der Waals surface area contributed by atoms with Gasteiger partial charge in [-0.2, -0.15) is 0 Å². The van der Waals surface area contributed by atoms with Crippen LogP contribution < -0.4 is 9.21 Å². The number of likely N-dealkylation sites (N-methyl/N-ethyl adjacent to an activating group) is 1. The first-order valence-electron chi connectivity index (χ1n) is 7.41. The largest absolute Gasteiger partial charge is 0.311 e. The predicted molar refractivity (Wildman–Crippen MR) is 98.1 cm³/mol. The average molecular weight is 367 g/mol. The molecule has 7 heteroatoms. The molecular weight excluding hydrogens is 348 g/mol. The lowest BCUT2D eigenvalue weighted by Crippen LogP contribution is -2.42. The molecule has 2 aromatic carbocycles. The molecule has 2 rings (SSSR count). The van der Waals surface area contributed by atoms with Gasteiger partial charge in [0.1, 0.15) is 6.54 Å². The lowest BCUT2D eigenvalue weighted by atomic mass is 10.2. The number of carbonyl (C=O) groups is 1. The zero-order valence-corrected chi connectivity index (χ0v) is 15.1. The Morgan fingerprint density at radius 3 is 2.21 bits per heavy atom. The van der Waals surface area contributed by atoms with E-state index < -0.39 is 10.0 Å². The van der Waals surface area contributed by atoms with Crippen molar-refractivity contribution in [3.8, 4) is 0 Å². The lowest BCUT2D eigenvalue weighted by Gasteiger charge is -2.27. The third kappa shape index (κ3) is 4.49. The standard InChI is InChI=1S/C17H19ClN2O3S/c1-3-19(15-9-5-4-6-10-15)17(21)13-20(24(2,22)23)16-11-7-8-14(18)12-16/h4-12H,3,13H2,1-2H3. The first kappa shape index (κ1) is 18.3. The zero-order valence-electron chi connectivity index (χ0n) is 13.5. The number of sulfonamides is 1. The molecule has 0 unspecified atom stereocenters. The highest BCUT2D eigenvalue weighted by molar-refractivity contribution is 7.92. The van der Waals surface area contributed by atoms with E-state index in [1.165, 1.54) is 6.07 Å². The van der Waals surface area contributed by atoms with Gasteiger partial charge >= 0.3 is 0 Å². The van der Waals surface area contributed by atoms with Crippen LogP contribution in [0.4, 0.5) is 11.4 Å². The van der Waals surface area contributed by atoms with E-state index >= 15 is 0 Å². The van der Waals surface area contributed by atoms with Crippen molar-refractivity contribution in [3.05, 3.63) is 59.6 Å². The predicted octanol–water partition coefficient (Wildman–Crippen LogP) is 3.16. The molecule has 0 radical (unpaired) electrons. The molecular formula is C17H19ClN2O3S. The minimum absolute atomic E-state index is 0.290. The number of hydrogen-bond donors (Lipinski definition) is 0. The normalized spacial score (nSPS) is 11.1. The highest BCUT2D eigenvalue weighted by Gasteiger charge is 2.24. The van der Waals surface area contributed by atoms with Crippen LogP contribution in [-0.2, 0) is 14.8 Å². The van der Waals surface area contributed by atoms with Crippen molar-refractivity contribution in [2.24, 2.45) is 0 Å². The molecule has 0 fully saturated rings. The van der Waals surface area contributed by atoms with Gasteiger partial charge in [0.25, 0.3) is 0 Å². The van der Waals surface area contributed by atoms with Gasteiger partial charge in [0, 0.05) is 17.3 Å². The topological polar surface area (TPSA) is 57.7 Å². The van der Waals surface area contributed by atoms with Crippen molar-refractivity contribution < 1.29 is 13.2 Å². The lowest BCUT2D eigenvalue weighted by molar-refractivity contribution is -0.117. The summed E-state index contributed by atoms with van der Waals surface area (Å²) >= 11 is 5.94. The van der Waals surface area contributed by atoms with Crippen molar-refractivity contribution in [1.29, 1.82) is 0 Å². The van der Waals surface area contributed by atoms with E-state index in [4.69, 9.17) is 11.6 Å². The summed E-state index contributed by atoms with van der Waals surface area (Å²) in [6.45, 7) is 1.99. The highest BCUT2D eigenvalue weighted by Crippen LogP contribution is 2.22. The first-order chi connectivity index (χ1) is 11.3. The van der Waals surface area contributed by atoms with Crippen molar-refractivity contribution in [3.63, 3.8) is 0 Å². The zero-order chi connectivity index (χ0) is 17.7. The number of carbonyl (C=O) groups excluding carboxylic acids is 1. The number of halogens is 1. The number of nitrogens with zero attached hydrogens (tertiary/aromatic N) is 2. The van der Waals surface area contributed by atoms with E-state index in [0.717, 1.165) is 16.2 Å². The quantitative estimate of drug-likeness (QED) is 0.789. The van der Waals surface area contributed by atoms with Crippen molar-refractivity contribution in [2.75, 3.05) is 28.6 Å². The second kappa shape index (κ2) is 7.68. The number of hydrogen-bond acceptors (Lipinski definition) is 3. The first-order valence-corrected chi connectivity index (χ1v) is 9.64. The third-order valence-corrected chi connectivity index (χ3v) is 4.84. The molecule has 1 amide bonds. The molecule has 0 aliphatic carbocycles. The van der Waals surface area contributed by atoms with E-state index in [1.54, 1.807) is 23.1 Å². The summed E-state index contributed by atoms with van der Waals surface area (Å²) in [5, 5.41) is 0.406. The fourth-order valence-corrected chi connectivity index (χ4v) is 3.38. The number of anilines is 2. The number of amides is 1. The average Bonchev–Trinajstić information content (AvgIpc) is 2.53. The van der Waals surface area contributed by atoms with Crippen LogP contribution >= 0.6 is 11.6 Å². The van der Waals surface area contributed by atoms with Crippen LogP contribution in [0.25, 0.3) is 0 Å². The van der Waals surface area contributed by atoms with E-state index in [-0.39, 0.29) is 12.5 Å². The molecule has 24 heavy (non-hydrogen) atoms. The highest BCUT2D eigenvalue weighted by atomic mass is 35.5. The molecule has 0 spiro atoms. The van der Waals surface area contributed by atoms with Gasteiger partial charge in [-0.3, -0.25) is 9.10 Å². The number of benzene rings is 2. The molecule has 0 saturated carbocycles. The molecule has 0 atom stereocenters. The smallest absolute Gasteiger partial charge is 0.247 e. The summed E-state index contributed by atoms with van der Waals surface area (Å²) < 4.78 is 25.3. The Morgan fingerprint density at radius 2 is 1.67 bits per heavy atom. The van der Waals surface area contributed by atoms with Gasteiger partial charge in [-0.05, 0) is 37.3 Å². The molecule has 0 aromatic heterocycles. The molecule has 0 heterocycles. The fourth-order valence-electron chi connectivity index (χ4n) is 2.35. The van der Waals surface area contributed by atoms with E-state index in [0.29, 0.717) is 17.3 Å². The summed E-state index contributed by atoms with van der Waals surface area (Å²) in [6, 6.07) is 15.6. The maximum absolute atomic E-state index is 12.7. The van der Waals surface area contributed by atoms with E-state index in [1.807, 2.05) is 37.3 Å². The Hall–Kier alpha value is -2.05. The second-order valence-electron chi connectivity index (χ2n) is 5.22. The van der Waals surface area contributed by atoms with Crippen LogP contribution in [0.5, 0.6) is 0 Å². The molecule has 2 aromatic rings. The van der Waals surface area contributed by atoms with E-state index in [9.17, 15) is 13.2 Å². The molecule has 0 aliphatic rings. The Morgan fingerprint density at radius 1 is 1.04 bits per heavy atom. The molecule has 0 aliphatic heterocycles. The van der Waals surface area contributed by atoms with E-state index in [2.05, 4.69) is 0 Å². The van der Waals surface area contributed by atoms with Crippen LogP contribution in [0.2, 0.25) is 5.02 Å². The Labute approximate surface area is 147 Å². The summed E-state index contributed by atoms with van der Waals surface area (Å²) in [7, 11) is -3.63. The molecule has 128 valence electrons. The minimum atomic E-state index is -3.63. The van der Waals surface area contributed by atoms with Crippen LogP contribution in [0.1, 0.15) is 6.92 Å². The van der Waals surface area contributed by atoms with Gasteiger partial charge in [0.2, 0.25) is 15.9 Å². The number of rotatable bonds is 6. The summed E-state index contributed by atoms with van der Waals surface area (Å²) in [4.78, 5) is 14.2. The van der Waals surface area contributed by atoms with Crippen molar-refractivity contribution in [2.45, 2.75) is 6.92 Å². The molecule has 0 bridgehead atoms. The molecule has 0 N–H and O–H groups in total. The number of para-hydroxylation sites is 1. The van der Waals surface area contributed by atoms with Gasteiger partial charge in [-0.1, -0.05) is 35.9 Å². The maximum atomic E-state index is 12.7. The summed E-state index contributed by atoms with van der Waals surface area (Å²) in [5.41, 5.74) is 1.09. The summed E-state index contributed by atoms with van der Waals surface area (Å²) in [5.74, 6) is -0.311. The van der Waals surface area contributed by atoms with Gasteiger partial charge in [-0.25, -0.2) is 8.42 Å². The van der Waals surface area contributed by atoms with Crippen LogP contribution in [0.15, 0.2) is 54.6 Å². The Kier molecular flexibility index (Phi) is 5.85. The van der Waals surface area contributed by atoms with Gasteiger partial charge in [0.05, 0.1) is 11.9 Å². The van der Waals surface area contributed by atoms with Gasteiger partial charge in [0.15, 0.2) is 0 Å². The third-order valence-electron chi connectivity index (χ3n) is 3.46. The van der Waals surface area contributed by atoms with Gasteiger partial charge in [-0.15, -0.1) is 0 Å². The van der Waals surface area contributed by atoms with Crippen LogP contribution in [0.3, 0.4) is 0 Å². The van der Waals surface area contributed by atoms with Crippen LogP contribution in [-0.4, -0.2) is 33.7 Å². The Balaban J connectivity index is 2.31. The molecule has 0 saturated heterocycles. The fraction of sp³-hybridized carbons (Fsp3) is 0.235. The van der Waals surface area contributed by atoms with Gasteiger partial charge < -0.3 is 4.90 Å². The molecule has 5 nitrogen and oxygen atoms in total. The van der Waals surface area contributed by atoms with Crippen LogP contribution in [0, 0.1) is 0 Å². The summed E-state index contributed by atoms with van der Waals surface area (Å²) in [6.07, 6.45) is 1.07. The monoisotopic (exact) mass is 366 g/mol. The minimum Gasteiger partial charge on any atom is -0.311 e. The maximum Gasteiger partial charge on any atom is 0.247 e. The SMILES string of the molecule is CCN(C(=O)CN(c1cccc(Cl)c1)S(C)(=O)=O)c1ccccc1. The second-order valence-corrected chi connectivity index (χ2v) is 7.57.